The monoisotopic (exact) mass is 427 g/mol. The molecule has 0 radical (unpaired) electrons. The summed E-state index contributed by atoms with van der Waals surface area (Å²) in [4.78, 5) is 12.3. The molecule has 3 rings (SSSR count). The van der Waals surface area contributed by atoms with E-state index in [1.165, 1.54) is 12.1 Å². The summed E-state index contributed by atoms with van der Waals surface area (Å²) < 4.78 is 0.709. The Balaban J connectivity index is 1.62. The third kappa shape index (κ3) is 4.80. The van der Waals surface area contributed by atoms with Gasteiger partial charge in [-0.25, -0.2) is 0 Å². The van der Waals surface area contributed by atoms with E-state index in [1.807, 2.05) is 12.1 Å². The molecule has 0 spiro atoms. The normalized spacial score (nSPS) is 10.6. The lowest BCUT2D eigenvalue weighted by Gasteiger charge is -2.09. The van der Waals surface area contributed by atoms with Gasteiger partial charge in [0.2, 0.25) is 0 Å². The first kappa shape index (κ1) is 18.8. The first-order valence-electron chi connectivity index (χ1n) is 8.32. The third-order valence-corrected chi connectivity index (χ3v) is 4.65. The molecule has 6 heteroatoms. The van der Waals surface area contributed by atoms with E-state index in [2.05, 4.69) is 21.2 Å². The Kier molecular flexibility index (Phi) is 5.66. The van der Waals surface area contributed by atoms with Crippen molar-refractivity contribution in [2.75, 3.05) is 5.32 Å². The van der Waals surface area contributed by atoms with Gasteiger partial charge in [0, 0.05) is 10.2 Å². The molecule has 0 unspecified atom stereocenters. The number of halogens is 1. The fourth-order valence-corrected chi connectivity index (χ4v) is 3.02. The van der Waals surface area contributed by atoms with Gasteiger partial charge in [0.1, 0.15) is 5.75 Å². The largest absolute Gasteiger partial charge is 0.507 e. The first-order chi connectivity index (χ1) is 12.9. The van der Waals surface area contributed by atoms with Crippen molar-refractivity contribution >= 4 is 27.5 Å². The predicted octanol–water partition coefficient (Wildman–Crippen LogP) is 4.60. The zero-order chi connectivity index (χ0) is 19.4. The van der Waals surface area contributed by atoms with Crippen LogP contribution in [0.5, 0.6) is 17.2 Å². The molecule has 0 bridgehead atoms. The fraction of sp³-hybridized carbons (Fsp3) is 0.0952. The van der Waals surface area contributed by atoms with Crippen molar-refractivity contribution in [3.63, 3.8) is 0 Å². The first-order valence-corrected chi connectivity index (χ1v) is 9.11. The number of anilines is 1. The molecule has 0 fully saturated rings. The molecule has 3 aromatic carbocycles. The third-order valence-electron chi connectivity index (χ3n) is 4.16. The Hall–Kier alpha value is -2.99. The topological polar surface area (TPSA) is 89.8 Å². The number of hydrogen-bond acceptors (Lipinski definition) is 4. The van der Waals surface area contributed by atoms with Gasteiger partial charge in [-0.1, -0.05) is 34.1 Å². The minimum absolute atomic E-state index is 0.0792. The second-order valence-corrected chi connectivity index (χ2v) is 7.05. The maximum absolute atomic E-state index is 12.3. The van der Waals surface area contributed by atoms with Gasteiger partial charge < -0.3 is 20.6 Å². The van der Waals surface area contributed by atoms with Crippen molar-refractivity contribution in [2.45, 2.75) is 12.8 Å². The van der Waals surface area contributed by atoms with Gasteiger partial charge >= 0.3 is 0 Å². The molecule has 0 aliphatic heterocycles. The summed E-state index contributed by atoms with van der Waals surface area (Å²) in [6, 6.07) is 16.9. The fourth-order valence-electron chi connectivity index (χ4n) is 2.66. The summed E-state index contributed by atoms with van der Waals surface area (Å²) in [5, 5.41) is 31.5. The number of phenols is 3. The molecule has 3 aromatic rings. The van der Waals surface area contributed by atoms with Crippen molar-refractivity contribution in [2.24, 2.45) is 0 Å². The standard InChI is InChI=1S/C21H18BrNO4/c22-15-6-10-18(24)17(12-15)21(27)23-16-7-3-13(4-8-16)1-2-14-5-9-19(25)20(26)11-14/h3-12,24-26H,1-2H2,(H,23,27). The SMILES string of the molecule is O=C(Nc1ccc(CCc2ccc(O)c(O)c2)cc1)c1cc(Br)ccc1O. The van der Waals surface area contributed by atoms with E-state index in [4.69, 9.17) is 0 Å². The molecule has 0 saturated heterocycles. The molecule has 1 amide bonds. The zero-order valence-corrected chi connectivity index (χ0v) is 15.9. The van der Waals surface area contributed by atoms with Crippen LogP contribution in [-0.4, -0.2) is 21.2 Å². The molecule has 0 aromatic heterocycles. The van der Waals surface area contributed by atoms with E-state index in [0.29, 0.717) is 16.6 Å². The highest BCUT2D eigenvalue weighted by Crippen LogP contribution is 2.26. The number of aromatic hydroxyl groups is 3. The number of aryl methyl sites for hydroxylation is 2. The average Bonchev–Trinajstić information content (AvgIpc) is 2.65. The second-order valence-electron chi connectivity index (χ2n) is 6.14. The number of amides is 1. The molecule has 4 N–H and O–H groups in total. The molecular weight excluding hydrogens is 410 g/mol. The number of benzene rings is 3. The lowest BCUT2D eigenvalue weighted by Crippen LogP contribution is -2.12. The Bertz CT molecular complexity index is 970. The van der Waals surface area contributed by atoms with Crippen molar-refractivity contribution in [1.29, 1.82) is 0 Å². The van der Waals surface area contributed by atoms with Crippen LogP contribution in [0.3, 0.4) is 0 Å². The highest BCUT2D eigenvalue weighted by atomic mass is 79.9. The van der Waals surface area contributed by atoms with Crippen molar-refractivity contribution in [3.05, 3.63) is 81.8 Å². The molecule has 0 heterocycles. The summed E-state index contributed by atoms with van der Waals surface area (Å²) in [5.74, 6) is -0.720. The highest BCUT2D eigenvalue weighted by molar-refractivity contribution is 9.10. The quantitative estimate of drug-likeness (QED) is 0.447. The van der Waals surface area contributed by atoms with Gasteiger partial charge in [-0.05, 0) is 66.4 Å². The van der Waals surface area contributed by atoms with Crippen LogP contribution in [0.1, 0.15) is 21.5 Å². The van der Waals surface area contributed by atoms with Crippen LogP contribution < -0.4 is 5.32 Å². The van der Waals surface area contributed by atoms with E-state index >= 15 is 0 Å². The number of phenolic OH excluding ortho intramolecular Hbond substituents is 3. The van der Waals surface area contributed by atoms with Gasteiger partial charge in [-0.2, -0.15) is 0 Å². The lowest BCUT2D eigenvalue weighted by molar-refractivity contribution is 0.102. The summed E-state index contributed by atoms with van der Waals surface area (Å²) in [6.07, 6.45) is 1.47. The molecule has 138 valence electrons. The molecule has 27 heavy (non-hydrogen) atoms. The van der Waals surface area contributed by atoms with Crippen molar-refractivity contribution in [3.8, 4) is 17.2 Å². The van der Waals surface area contributed by atoms with Crippen LogP contribution >= 0.6 is 15.9 Å². The van der Waals surface area contributed by atoms with Gasteiger partial charge in [0.15, 0.2) is 11.5 Å². The smallest absolute Gasteiger partial charge is 0.259 e. The summed E-state index contributed by atoms with van der Waals surface area (Å²) >= 11 is 3.28. The van der Waals surface area contributed by atoms with Gasteiger partial charge in [-0.15, -0.1) is 0 Å². The molecule has 0 atom stereocenters. The van der Waals surface area contributed by atoms with Crippen LogP contribution in [0.4, 0.5) is 5.69 Å². The Morgan fingerprint density at radius 2 is 1.41 bits per heavy atom. The van der Waals surface area contributed by atoms with E-state index in [0.717, 1.165) is 17.5 Å². The van der Waals surface area contributed by atoms with Crippen molar-refractivity contribution < 1.29 is 20.1 Å². The van der Waals surface area contributed by atoms with Gasteiger partial charge in [-0.3, -0.25) is 4.79 Å². The Morgan fingerprint density at radius 1 is 0.778 bits per heavy atom. The minimum atomic E-state index is -0.388. The van der Waals surface area contributed by atoms with Crippen LogP contribution in [0, 0.1) is 0 Å². The van der Waals surface area contributed by atoms with E-state index < -0.39 is 0 Å². The van der Waals surface area contributed by atoms with E-state index in [9.17, 15) is 20.1 Å². The van der Waals surface area contributed by atoms with E-state index in [1.54, 1.807) is 36.4 Å². The number of rotatable bonds is 5. The molecule has 0 aliphatic rings. The van der Waals surface area contributed by atoms with Crippen LogP contribution in [-0.2, 0) is 12.8 Å². The molecular formula is C21H18BrNO4. The maximum atomic E-state index is 12.3. The molecule has 5 nitrogen and oxygen atoms in total. The van der Waals surface area contributed by atoms with Crippen LogP contribution in [0.25, 0.3) is 0 Å². The number of nitrogens with one attached hydrogen (secondary N) is 1. The number of carbonyl (C=O) groups excluding carboxylic acids is 1. The predicted molar refractivity (Wildman–Crippen MR) is 107 cm³/mol. The maximum Gasteiger partial charge on any atom is 0.259 e. The van der Waals surface area contributed by atoms with Gasteiger partial charge in [0.05, 0.1) is 5.56 Å². The average molecular weight is 428 g/mol. The van der Waals surface area contributed by atoms with E-state index in [-0.39, 0.29) is 28.7 Å². The summed E-state index contributed by atoms with van der Waals surface area (Å²) in [7, 11) is 0. The van der Waals surface area contributed by atoms with Crippen LogP contribution in [0.15, 0.2) is 65.1 Å². The van der Waals surface area contributed by atoms with Crippen LogP contribution in [0.2, 0.25) is 0 Å². The summed E-state index contributed by atoms with van der Waals surface area (Å²) in [5.41, 5.74) is 2.82. The van der Waals surface area contributed by atoms with Crippen molar-refractivity contribution in [1.82, 2.24) is 0 Å². The number of carbonyl (C=O) groups is 1. The Labute approximate surface area is 165 Å². The summed E-state index contributed by atoms with van der Waals surface area (Å²) in [6.45, 7) is 0. The highest BCUT2D eigenvalue weighted by Gasteiger charge is 2.12. The zero-order valence-electron chi connectivity index (χ0n) is 14.3. The lowest BCUT2D eigenvalue weighted by atomic mass is 10.0. The molecule has 0 saturated carbocycles. The number of hydrogen-bond donors (Lipinski definition) is 4. The second kappa shape index (κ2) is 8.14. The minimum Gasteiger partial charge on any atom is -0.507 e. The molecule has 0 aliphatic carbocycles. The Morgan fingerprint density at radius 3 is 2.11 bits per heavy atom. The van der Waals surface area contributed by atoms with Gasteiger partial charge in [0.25, 0.3) is 5.91 Å².